The molecule has 0 saturated carbocycles. The maximum atomic E-state index is 13.2. The minimum absolute atomic E-state index is 0.259. The van der Waals surface area contributed by atoms with Crippen LogP contribution in [0.15, 0.2) is 46.5 Å². The topological polar surface area (TPSA) is 87.4 Å². The maximum Gasteiger partial charge on any atom is 0.333 e. The fraction of sp³-hybridized carbons (Fsp3) is 0.360. The van der Waals surface area contributed by atoms with Gasteiger partial charge in [0.2, 0.25) is 0 Å². The lowest BCUT2D eigenvalue weighted by Gasteiger charge is -2.20. The highest BCUT2D eigenvalue weighted by Crippen LogP contribution is 2.28. The molecule has 33 heavy (non-hydrogen) atoms. The standard InChI is InChI=1S/C23H24N2O5S.C2H6/c1-6-17-14(2)19-20(28)24(13-18(27)30-23(3,4)5)22(29)25(21(19)31-17)12-16(26)15-10-8-7-9-11-15;1-2/h6-11H,1,12-13H2,2-5H3;1-2H3. The van der Waals surface area contributed by atoms with Gasteiger partial charge in [-0.05, 0) is 33.3 Å². The number of esters is 1. The summed E-state index contributed by atoms with van der Waals surface area (Å²) in [5, 5.41) is 0.295. The second-order valence-electron chi connectivity index (χ2n) is 8.11. The molecule has 8 heteroatoms. The number of aryl methyl sites for hydroxylation is 1. The van der Waals surface area contributed by atoms with Gasteiger partial charge >= 0.3 is 11.7 Å². The minimum Gasteiger partial charge on any atom is -0.459 e. The van der Waals surface area contributed by atoms with E-state index < -0.39 is 29.4 Å². The van der Waals surface area contributed by atoms with Gasteiger partial charge in [-0.3, -0.25) is 19.0 Å². The highest BCUT2D eigenvalue weighted by atomic mass is 32.1. The van der Waals surface area contributed by atoms with Crippen molar-refractivity contribution in [1.29, 1.82) is 0 Å². The van der Waals surface area contributed by atoms with Crippen molar-refractivity contribution in [3.63, 3.8) is 0 Å². The van der Waals surface area contributed by atoms with Gasteiger partial charge in [0.05, 0.1) is 11.9 Å². The summed E-state index contributed by atoms with van der Waals surface area (Å²) in [5.41, 5.74) is -0.981. The van der Waals surface area contributed by atoms with Gasteiger partial charge in [-0.15, -0.1) is 11.3 Å². The van der Waals surface area contributed by atoms with E-state index in [0.29, 0.717) is 21.3 Å². The van der Waals surface area contributed by atoms with Crippen molar-refractivity contribution in [2.45, 2.75) is 60.2 Å². The molecule has 0 fully saturated rings. The fourth-order valence-corrected chi connectivity index (χ4v) is 4.39. The molecule has 2 aromatic heterocycles. The smallest absolute Gasteiger partial charge is 0.333 e. The molecule has 0 saturated heterocycles. The average molecular weight is 471 g/mol. The summed E-state index contributed by atoms with van der Waals surface area (Å²) in [5.74, 6) is -0.985. The molecule has 176 valence electrons. The van der Waals surface area contributed by atoms with E-state index in [0.717, 1.165) is 9.44 Å². The van der Waals surface area contributed by atoms with Crippen molar-refractivity contribution in [1.82, 2.24) is 9.13 Å². The van der Waals surface area contributed by atoms with Crippen LogP contribution in [-0.2, 0) is 22.6 Å². The van der Waals surface area contributed by atoms with Crippen LogP contribution in [0.1, 0.15) is 55.4 Å². The Morgan fingerprint density at radius 2 is 1.67 bits per heavy atom. The van der Waals surface area contributed by atoms with Gasteiger partial charge in [0.25, 0.3) is 5.56 Å². The van der Waals surface area contributed by atoms with E-state index in [-0.39, 0.29) is 12.3 Å². The maximum absolute atomic E-state index is 13.2. The zero-order chi connectivity index (χ0) is 24.9. The SMILES string of the molecule is C=Cc1sc2c(c1C)c(=O)n(CC(=O)OC(C)(C)C)c(=O)n2CC(=O)c1ccccc1.CC. The van der Waals surface area contributed by atoms with Crippen molar-refractivity contribution >= 4 is 39.4 Å². The summed E-state index contributed by atoms with van der Waals surface area (Å²) < 4.78 is 7.37. The Labute approximate surface area is 196 Å². The lowest BCUT2D eigenvalue weighted by atomic mass is 10.1. The summed E-state index contributed by atoms with van der Waals surface area (Å²) in [6.45, 7) is 13.8. The first-order valence-electron chi connectivity index (χ1n) is 10.7. The normalized spacial score (nSPS) is 11.0. The number of carbonyl (C=O) groups is 2. The number of rotatable bonds is 6. The number of Topliss-reactive ketones (excluding diaryl/α,β-unsaturated/α-hetero) is 1. The zero-order valence-corrected chi connectivity index (χ0v) is 20.7. The highest BCUT2D eigenvalue weighted by molar-refractivity contribution is 7.19. The van der Waals surface area contributed by atoms with Crippen LogP contribution in [0.3, 0.4) is 0 Å². The second kappa shape index (κ2) is 10.6. The van der Waals surface area contributed by atoms with E-state index in [9.17, 15) is 19.2 Å². The number of thiophene rings is 1. The van der Waals surface area contributed by atoms with E-state index in [2.05, 4.69) is 6.58 Å². The summed E-state index contributed by atoms with van der Waals surface area (Å²) in [4.78, 5) is 52.7. The first-order valence-corrected chi connectivity index (χ1v) is 11.5. The van der Waals surface area contributed by atoms with Crippen molar-refractivity contribution in [3.05, 3.63) is 73.8 Å². The Balaban J connectivity index is 0.00000187. The molecular formula is C25H30N2O5S. The van der Waals surface area contributed by atoms with E-state index in [1.807, 2.05) is 13.8 Å². The molecule has 0 radical (unpaired) electrons. The molecule has 0 bridgehead atoms. The summed E-state index contributed by atoms with van der Waals surface area (Å²) in [6, 6.07) is 8.59. The fourth-order valence-electron chi connectivity index (χ4n) is 3.25. The number of aromatic nitrogens is 2. The predicted octanol–water partition coefficient (Wildman–Crippen LogP) is 4.43. The van der Waals surface area contributed by atoms with Gasteiger partial charge in [-0.25, -0.2) is 9.36 Å². The molecule has 3 aromatic rings. The van der Waals surface area contributed by atoms with E-state index >= 15 is 0 Å². The Hall–Kier alpha value is -3.26. The van der Waals surface area contributed by atoms with E-state index in [1.165, 1.54) is 15.9 Å². The first-order chi connectivity index (χ1) is 15.5. The van der Waals surface area contributed by atoms with Crippen LogP contribution in [0.4, 0.5) is 0 Å². The molecule has 3 rings (SSSR count). The molecule has 0 amide bonds. The Morgan fingerprint density at radius 3 is 2.21 bits per heavy atom. The number of carbonyl (C=O) groups excluding carboxylic acids is 2. The van der Waals surface area contributed by atoms with Crippen LogP contribution in [0.2, 0.25) is 0 Å². The molecule has 0 spiro atoms. The number of benzene rings is 1. The van der Waals surface area contributed by atoms with Crippen molar-refractivity contribution < 1.29 is 14.3 Å². The van der Waals surface area contributed by atoms with Crippen LogP contribution >= 0.6 is 11.3 Å². The molecule has 0 atom stereocenters. The Kier molecular flexibility index (Phi) is 8.33. The molecule has 0 aliphatic heterocycles. The third-order valence-electron chi connectivity index (χ3n) is 4.62. The number of hydrogen-bond acceptors (Lipinski definition) is 6. The van der Waals surface area contributed by atoms with Gasteiger partial charge in [-0.1, -0.05) is 56.8 Å². The second-order valence-corrected chi connectivity index (χ2v) is 9.14. The average Bonchev–Trinajstić information content (AvgIpc) is 3.11. The van der Waals surface area contributed by atoms with E-state index in [1.54, 1.807) is 64.1 Å². The number of hydrogen-bond donors (Lipinski definition) is 0. The van der Waals surface area contributed by atoms with Gasteiger partial charge < -0.3 is 4.74 Å². The molecule has 7 nitrogen and oxygen atoms in total. The third kappa shape index (κ3) is 5.76. The third-order valence-corrected chi connectivity index (χ3v) is 5.93. The van der Waals surface area contributed by atoms with Crippen LogP contribution in [0.25, 0.3) is 16.3 Å². The molecule has 0 aliphatic rings. The molecule has 0 unspecified atom stereocenters. The van der Waals surface area contributed by atoms with Crippen molar-refractivity contribution in [3.8, 4) is 0 Å². The van der Waals surface area contributed by atoms with Crippen molar-refractivity contribution in [2.75, 3.05) is 0 Å². The Bertz CT molecular complexity index is 1290. The molecule has 1 aromatic carbocycles. The molecule has 2 heterocycles. The molecule has 0 N–H and O–H groups in total. The van der Waals surface area contributed by atoms with Crippen molar-refractivity contribution in [2.24, 2.45) is 0 Å². The quantitative estimate of drug-likeness (QED) is 0.393. The number of ketones is 1. The summed E-state index contributed by atoms with van der Waals surface area (Å²) in [7, 11) is 0. The van der Waals surface area contributed by atoms with Gasteiger partial charge in [0.15, 0.2) is 5.78 Å². The van der Waals surface area contributed by atoms with Gasteiger partial charge in [0, 0.05) is 10.4 Å². The minimum atomic E-state index is -0.763. The number of nitrogens with zero attached hydrogens (tertiary/aromatic N) is 2. The van der Waals surface area contributed by atoms with E-state index in [4.69, 9.17) is 4.74 Å². The first kappa shape index (κ1) is 26.0. The van der Waals surface area contributed by atoms with Crippen LogP contribution < -0.4 is 11.2 Å². The largest absolute Gasteiger partial charge is 0.459 e. The van der Waals surface area contributed by atoms with Crippen LogP contribution in [0, 0.1) is 6.92 Å². The zero-order valence-electron chi connectivity index (χ0n) is 19.9. The predicted molar refractivity (Wildman–Crippen MR) is 133 cm³/mol. The summed E-state index contributed by atoms with van der Waals surface area (Å²) >= 11 is 1.22. The lowest BCUT2D eigenvalue weighted by molar-refractivity contribution is -0.155. The summed E-state index contributed by atoms with van der Waals surface area (Å²) in [6.07, 6.45) is 1.60. The number of ether oxygens (including phenoxy) is 1. The lowest BCUT2D eigenvalue weighted by Crippen LogP contribution is -2.43. The van der Waals surface area contributed by atoms with Gasteiger partial charge in [0.1, 0.15) is 17.0 Å². The molecular weight excluding hydrogens is 440 g/mol. The van der Waals surface area contributed by atoms with Crippen LogP contribution in [0.5, 0.6) is 0 Å². The monoisotopic (exact) mass is 470 g/mol. The van der Waals surface area contributed by atoms with Crippen LogP contribution in [-0.4, -0.2) is 26.5 Å². The highest BCUT2D eigenvalue weighted by Gasteiger charge is 2.24. The Morgan fingerprint density at radius 1 is 1.06 bits per heavy atom. The molecule has 0 aliphatic carbocycles. The number of fused-ring (bicyclic) bond motifs is 1. The van der Waals surface area contributed by atoms with Gasteiger partial charge in [-0.2, -0.15) is 0 Å².